The van der Waals surface area contributed by atoms with Crippen LogP contribution in [-0.2, 0) is 9.84 Å². The van der Waals surface area contributed by atoms with E-state index in [1.165, 1.54) is 24.3 Å². The molecule has 5 nitrogen and oxygen atoms in total. The lowest BCUT2D eigenvalue weighted by Gasteiger charge is -2.12. The van der Waals surface area contributed by atoms with Crippen LogP contribution < -0.4 is 10.1 Å². The fraction of sp³-hybridized carbons (Fsp3) is 0.174. The molecule has 3 rings (SSSR count). The minimum atomic E-state index is -3.27. The average molecular weight is 410 g/mol. The molecule has 0 aliphatic carbocycles. The van der Waals surface area contributed by atoms with Gasteiger partial charge in [0.2, 0.25) is 0 Å². The Morgan fingerprint density at radius 3 is 2.24 bits per heavy atom. The number of para-hydroxylation sites is 1. The molecule has 0 bridgehead atoms. The van der Waals surface area contributed by atoms with Gasteiger partial charge in [-0.3, -0.25) is 4.79 Å². The first-order valence-corrected chi connectivity index (χ1v) is 11.0. The molecule has 1 N–H and O–H groups in total. The van der Waals surface area contributed by atoms with Crippen LogP contribution in [0.4, 0.5) is 0 Å². The summed E-state index contributed by atoms with van der Waals surface area (Å²) in [6.07, 6.45) is 0. The molecule has 3 aromatic carbocycles. The standard InChI is InChI=1S/C23H23NO4S/c1-2-29(26,27)20-14-12-19(13-15-20)23(25)24-16-17-28-22-11-7-6-10-21(22)18-8-4-3-5-9-18/h3-15H,2,16-17H2,1H3,(H,24,25). The number of benzene rings is 3. The van der Waals surface area contributed by atoms with Crippen molar-refractivity contribution in [1.82, 2.24) is 5.32 Å². The minimum Gasteiger partial charge on any atom is -0.491 e. The van der Waals surface area contributed by atoms with E-state index in [1.807, 2.05) is 54.6 Å². The zero-order valence-corrected chi connectivity index (χ0v) is 17.0. The van der Waals surface area contributed by atoms with E-state index in [0.29, 0.717) is 18.7 Å². The minimum absolute atomic E-state index is 0.0281. The van der Waals surface area contributed by atoms with Gasteiger partial charge in [0.25, 0.3) is 5.91 Å². The molecule has 29 heavy (non-hydrogen) atoms. The Hall–Kier alpha value is -3.12. The zero-order chi connectivity index (χ0) is 20.7. The lowest BCUT2D eigenvalue weighted by Crippen LogP contribution is -2.28. The molecule has 0 heterocycles. The third kappa shape index (κ3) is 5.23. The Bertz CT molecular complexity index is 1060. The fourth-order valence-electron chi connectivity index (χ4n) is 2.86. The van der Waals surface area contributed by atoms with Crippen LogP contribution in [0.5, 0.6) is 5.75 Å². The molecular formula is C23H23NO4S. The summed E-state index contributed by atoms with van der Waals surface area (Å²) in [6, 6.07) is 23.7. The van der Waals surface area contributed by atoms with E-state index < -0.39 is 9.84 Å². The van der Waals surface area contributed by atoms with Gasteiger partial charge >= 0.3 is 0 Å². The largest absolute Gasteiger partial charge is 0.491 e. The van der Waals surface area contributed by atoms with Crippen molar-refractivity contribution in [2.24, 2.45) is 0 Å². The van der Waals surface area contributed by atoms with Crippen molar-refractivity contribution >= 4 is 15.7 Å². The number of nitrogens with one attached hydrogen (secondary N) is 1. The Balaban J connectivity index is 1.56. The molecule has 0 aliphatic rings. The molecule has 0 aromatic heterocycles. The van der Waals surface area contributed by atoms with Gasteiger partial charge in [-0.25, -0.2) is 8.42 Å². The normalized spacial score (nSPS) is 11.1. The highest BCUT2D eigenvalue weighted by Crippen LogP contribution is 2.29. The molecule has 0 atom stereocenters. The van der Waals surface area contributed by atoms with Crippen molar-refractivity contribution in [1.29, 1.82) is 0 Å². The number of hydrogen-bond donors (Lipinski definition) is 1. The molecule has 0 saturated carbocycles. The lowest BCUT2D eigenvalue weighted by molar-refractivity contribution is 0.0947. The van der Waals surface area contributed by atoms with Crippen LogP contribution in [0.15, 0.2) is 83.8 Å². The first-order chi connectivity index (χ1) is 14.0. The third-order valence-electron chi connectivity index (χ3n) is 4.47. The Kier molecular flexibility index (Phi) is 6.67. The van der Waals surface area contributed by atoms with Crippen LogP contribution in [0.3, 0.4) is 0 Å². The van der Waals surface area contributed by atoms with Gasteiger partial charge in [-0.2, -0.15) is 0 Å². The monoisotopic (exact) mass is 409 g/mol. The van der Waals surface area contributed by atoms with Gasteiger partial charge in [0.15, 0.2) is 9.84 Å². The number of carbonyl (C=O) groups excluding carboxylic acids is 1. The van der Waals surface area contributed by atoms with Crippen molar-refractivity contribution in [3.63, 3.8) is 0 Å². The van der Waals surface area contributed by atoms with E-state index in [4.69, 9.17) is 4.74 Å². The van der Waals surface area contributed by atoms with Crippen LogP contribution in [-0.4, -0.2) is 33.2 Å². The summed E-state index contributed by atoms with van der Waals surface area (Å²) in [6.45, 7) is 2.24. The summed E-state index contributed by atoms with van der Waals surface area (Å²) >= 11 is 0. The van der Waals surface area contributed by atoms with Crippen molar-refractivity contribution in [3.8, 4) is 16.9 Å². The molecule has 3 aromatic rings. The van der Waals surface area contributed by atoms with E-state index in [0.717, 1.165) is 16.9 Å². The summed E-state index contributed by atoms with van der Waals surface area (Å²) in [5, 5.41) is 2.79. The number of sulfone groups is 1. The number of amides is 1. The first kappa shape index (κ1) is 20.6. The topological polar surface area (TPSA) is 72.5 Å². The van der Waals surface area contributed by atoms with Gasteiger partial charge in [-0.05, 0) is 35.9 Å². The van der Waals surface area contributed by atoms with Gasteiger partial charge in [-0.1, -0.05) is 55.5 Å². The Morgan fingerprint density at radius 1 is 0.897 bits per heavy atom. The average Bonchev–Trinajstić information content (AvgIpc) is 2.77. The van der Waals surface area contributed by atoms with Crippen molar-refractivity contribution < 1.29 is 17.9 Å². The summed E-state index contributed by atoms with van der Waals surface area (Å²) in [4.78, 5) is 12.5. The van der Waals surface area contributed by atoms with Crippen molar-refractivity contribution in [2.75, 3.05) is 18.9 Å². The van der Waals surface area contributed by atoms with E-state index in [-0.39, 0.29) is 16.6 Å². The van der Waals surface area contributed by atoms with Crippen LogP contribution in [0.1, 0.15) is 17.3 Å². The molecular weight excluding hydrogens is 386 g/mol. The summed E-state index contributed by atoms with van der Waals surface area (Å²) in [5.74, 6) is 0.507. The molecule has 150 valence electrons. The maximum Gasteiger partial charge on any atom is 0.251 e. The molecule has 0 spiro atoms. The van der Waals surface area contributed by atoms with Crippen LogP contribution in [0.2, 0.25) is 0 Å². The van der Waals surface area contributed by atoms with Gasteiger partial charge in [-0.15, -0.1) is 0 Å². The summed E-state index contributed by atoms with van der Waals surface area (Å²) < 4.78 is 29.5. The van der Waals surface area contributed by atoms with Crippen molar-refractivity contribution in [2.45, 2.75) is 11.8 Å². The predicted molar refractivity (Wildman–Crippen MR) is 114 cm³/mol. The lowest BCUT2D eigenvalue weighted by atomic mass is 10.1. The summed E-state index contributed by atoms with van der Waals surface area (Å²) in [7, 11) is -3.27. The SMILES string of the molecule is CCS(=O)(=O)c1ccc(C(=O)NCCOc2ccccc2-c2ccccc2)cc1. The van der Waals surface area contributed by atoms with E-state index in [1.54, 1.807) is 6.92 Å². The smallest absolute Gasteiger partial charge is 0.251 e. The number of carbonyl (C=O) groups is 1. The highest BCUT2D eigenvalue weighted by atomic mass is 32.2. The van der Waals surface area contributed by atoms with Gasteiger partial charge < -0.3 is 10.1 Å². The molecule has 0 unspecified atom stereocenters. The van der Waals surface area contributed by atoms with E-state index in [2.05, 4.69) is 5.32 Å². The quantitative estimate of drug-likeness (QED) is 0.572. The number of rotatable bonds is 8. The Morgan fingerprint density at radius 2 is 1.55 bits per heavy atom. The summed E-state index contributed by atoms with van der Waals surface area (Å²) in [5.41, 5.74) is 2.46. The maximum absolute atomic E-state index is 12.3. The Labute approximate surface area is 171 Å². The van der Waals surface area contributed by atoms with Gasteiger partial charge in [0, 0.05) is 11.1 Å². The van der Waals surface area contributed by atoms with Crippen molar-refractivity contribution in [3.05, 3.63) is 84.4 Å². The fourth-order valence-corrected chi connectivity index (χ4v) is 3.74. The second-order valence-corrected chi connectivity index (χ2v) is 8.67. The third-order valence-corrected chi connectivity index (χ3v) is 6.22. The first-order valence-electron chi connectivity index (χ1n) is 9.39. The van der Waals surface area contributed by atoms with Gasteiger partial charge in [0.05, 0.1) is 17.2 Å². The highest BCUT2D eigenvalue weighted by molar-refractivity contribution is 7.91. The highest BCUT2D eigenvalue weighted by Gasteiger charge is 2.13. The molecule has 0 saturated heterocycles. The van der Waals surface area contributed by atoms with Crippen LogP contribution >= 0.6 is 0 Å². The molecule has 1 amide bonds. The van der Waals surface area contributed by atoms with Gasteiger partial charge in [0.1, 0.15) is 12.4 Å². The zero-order valence-electron chi connectivity index (χ0n) is 16.2. The van der Waals surface area contributed by atoms with Crippen LogP contribution in [0.25, 0.3) is 11.1 Å². The molecule has 0 fully saturated rings. The van der Waals surface area contributed by atoms with E-state index >= 15 is 0 Å². The predicted octanol–water partition coefficient (Wildman–Crippen LogP) is 3.96. The molecule has 0 aliphatic heterocycles. The van der Waals surface area contributed by atoms with Crippen LogP contribution in [0, 0.1) is 0 Å². The maximum atomic E-state index is 12.3. The molecule has 0 radical (unpaired) electrons. The second-order valence-electron chi connectivity index (χ2n) is 6.39. The second kappa shape index (κ2) is 9.39. The molecule has 6 heteroatoms. The number of ether oxygens (including phenoxy) is 1. The van der Waals surface area contributed by atoms with E-state index in [9.17, 15) is 13.2 Å². The number of hydrogen-bond acceptors (Lipinski definition) is 4.